The van der Waals surface area contributed by atoms with E-state index < -0.39 is 11.9 Å². The maximum atomic E-state index is 12.1. The molecule has 2 unspecified atom stereocenters. The van der Waals surface area contributed by atoms with Crippen LogP contribution < -0.4 is 5.43 Å². The molecular weight excluding hydrogens is 248 g/mol. The van der Waals surface area contributed by atoms with Gasteiger partial charge in [-0.2, -0.15) is 0 Å². The number of amides is 2. The molecule has 2 saturated heterocycles. The number of nitrogens with one attached hydrogen (secondary N) is 1. The normalized spacial score (nSPS) is 29.5. The molecule has 2 aliphatic rings. The molecule has 0 spiro atoms. The fraction of sp³-hybridized carbons (Fsp3) is 0.833. The molecule has 0 aromatic carbocycles. The highest BCUT2D eigenvalue weighted by atomic mass is 16.4. The molecule has 0 aromatic heterocycles. The van der Waals surface area contributed by atoms with Crippen molar-refractivity contribution in [2.24, 2.45) is 5.92 Å². The first-order valence-electron chi connectivity index (χ1n) is 6.72. The number of nitrogens with zero attached hydrogens (tertiary/aromatic N) is 3. The fourth-order valence-electron chi connectivity index (χ4n) is 2.67. The third kappa shape index (κ3) is 3.16. The van der Waals surface area contributed by atoms with Gasteiger partial charge in [-0.05, 0) is 20.4 Å². The molecule has 2 atom stereocenters. The van der Waals surface area contributed by atoms with Gasteiger partial charge in [0.1, 0.15) is 0 Å². The summed E-state index contributed by atoms with van der Waals surface area (Å²) in [6.45, 7) is 5.76. The number of hydrogen-bond donors (Lipinski definition) is 2. The summed E-state index contributed by atoms with van der Waals surface area (Å²) in [5, 5.41) is 11.0. The van der Waals surface area contributed by atoms with Crippen LogP contribution in [0.2, 0.25) is 0 Å². The van der Waals surface area contributed by atoms with Gasteiger partial charge in [0.2, 0.25) is 0 Å². The van der Waals surface area contributed by atoms with Crippen LogP contribution in [-0.2, 0) is 4.79 Å². The van der Waals surface area contributed by atoms with Gasteiger partial charge in [0.25, 0.3) is 0 Å². The van der Waals surface area contributed by atoms with Gasteiger partial charge >= 0.3 is 12.0 Å². The maximum absolute atomic E-state index is 12.1. The highest BCUT2D eigenvalue weighted by Crippen LogP contribution is 2.24. The van der Waals surface area contributed by atoms with E-state index in [1.54, 1.807) is 11.8 Å². The van der Waals surface area contributed by atoms with E-state index in [2.05, 4.69) is 17.4 Å². The summed E-state index contributed by atoms with van der Waals surface area (Å²) in [6.07, 6.45) is 0.534. The van der Waals surface area contributed by atoms with E-state index >= 15 is 0 Å². The number of carbonyl (C=O) groups excluding carboxylic acids is 1. The summed E-state index contributed by atoms with van der Waals surface area (Å²) in [7, 11) is 2.05. The predicted octanol–water partition coefficient (Wildman–Crippen LogP) is -0.347. The van der Waals surface area contributed by atoms with Gasteiger partial charge in [0, 0.05) is 38.8 Å². The zero-order chi connectivity index (χ0) is 14.0. The lowest BCUT2D eigenvalue weighted by molar-refractivity contribution is -0.142. The van der Waals surface area contributed by atoms with E-state index in [-0.39, 0.29) is 12.1 Å². The molecule has 2 heterocycles. The number of carboxylic acid groups (broad SMARTS) is 1. The van der Waals surface area contributed by atoms with Crippen LogP contribution >= 0.6 is 0 Å². The largest absolute Gasteiger partial charge is 0.481 e. The first kappa shape index (κ1) is 14.1. The minimum atomic E-state index is -0.817. The first-order valence-corrected chi connectivity index (χ1v) is 6.72. The van der Waals surface area contributed by atoms with Gasteiger partial charge < -0.3 is 14.9 Å². The van der Waals surface area contributed by atoms with Crippen LogP contribution in [0.5, 0.6) is 0 Å². The van der Waals surface area contributed by atoms with Crippen molar-refractivity contribution < 1.29 is 14.7 Å². The lowest BCUT2D eigenvalue weighted by Crippen LogP contribution is -2.56. The monoisotopic (exact) mass is 270 g/mol. The quantitative estimate of drug-likeness (QED) is 0.717. The van der Waals surface area contributed by atoms with Gasteiger partial charge in [0.05, 0.1) is 5.92 Å². The Hall–Kier alpha value is -1.34. The zero-order valence-electron chi connectivity index (χ0n) is 11.5. The van der Waals surface area contributed by atoms with E-state index in [1.807, 2.05) is 5.01 Å². The van der Waals surface area contributed by atoms with E-state index in [0.29, 0.717) is 13.0 Å². The Bertz CT molecular complexity index is 355. The summed E-state index contributed by atoms with van der Waals surface area (Å²) < 4.78 is 0. The van der Waals surface area contributed by atoms with E-state index in [1.165, 1.54) is 0 Å². The fourth-order valence-corrected chi connectivity index (χ4v) is 2.67. The van der Waals surface area contributed by atoms with Gasteiger partial charge in [-0.25, -0.2) is 9.80 Å². The van der Waals surface area contributed by atoms with Crippen molar-refractivity contribution in [1.29, 1.82) is 0 Å². The zero-order valence-corrected chi connectivity index (χ0v) is 11.5. The Labute approximate surface area is 113 Å². The Balaban J connectivity index is 1.85. The van der Waals surface area contributed by atoms with Crippen LogP contribution in [0.15, 0.2) is 0 Å². The van der Waals surface area contributed by atoms with Crippen LogP contribution in [0, 0.1) is 5.92 Å². The summed E-state index contributed by atoms with van der Waals surface area (Å²) >= 11 is 0. The summed E-state index contributed by atoms with van der Waals surface area (Å²) in [5.41, 5.74) is 2.87. The average Bonchev–Trinajstić information content (AvgIpc) is 2.74. The summed E-state index contributed by atoms with van der Waals surface area (Å²) in [5.74, 6) is -1.26. The lowest BCUT2D eigenvalue weighted by Gasteiger charge is -2.34. The van der Waals surface area contributed by atoms with Crippen molar-refractivity contribution in [3.63, 3.8) is 0 Å². The molecule has 2 rings (SSSR count). The third-order valence-electron chi connectivity index (χ3n) is 4.09. The van der Waals surface area contributed by atoms with Gasteiger partial charge in [-0.15, -0.1) is 0 Å². The second-order valence-electron chi connectivity index (χ2n) is 5.37. The van der Waals surface area contributed by atoms with Crippen molar-refractivity contribution in [2.75, 3.05) is 39.8 Å². The molecule has 2 fully saturated rings. The standard InChI is InChI=1S/C12H22N4O3/c1-9-10(11(17)18)3-4-16(9)12(19)13-15-7-5-14(2)6-8-15/h9-10H,3-8H2,1-2H3,(H,13,19)(H,17,18). The Morgan fingerprint density at radius 1 is 1.16 bits per heavy atom. The number of likely N-dealkylation sites (N-methyl/N-ethyl adjacent to an activating group) is 1. The summed E-state index contributed by atoms with van der Waals surface area (Å²) in [4.78, 5) is 27.0. The number of hydrogen-bond acceptors (Lipinski definition) is 4. The molecule has 0 saturated carbocycles. The highest BCUT2D eigenvalue weighted by molar-refractivity contribution is 5.77. The molecule has 108 valence electrons. The maximum Gasteiger partial charge on any atom is 0.332 e. The predicted molar refractivity (Wildman–Crippen MR) is 69.5 cm³/mol. The average molecular weight is 270 g/mol. The number of piperazine rings is 1. The van der Waals surface area contributed by atoms with Gasteiger partial charge in [-0.3, -0.25) is 10.2 Å². The van der Waals surface area contributed by atoms with E-state index in [9.17, 15) is 9.59 Å². The lowest BCUT2D eigenvalue weighted by atomic mass is 10.0. The number of urea groups is 1. The first-order chi connectivity index (χ1) is 8.99. The molecule has 7 nitrogen and oxygen atoms in total. The highest BCUT2D eigenvalue weighted by Gasteiger charge is 2.38. The van der Waals surface area contributed by atoms with Gasteiger partial charge in [0.15, 0.2) is 0 Å². The SMILES string of the molecule is CC1C(C(=O)O)CCN1C(=O)NN1CCN(C)CC1. The molecule has 0 aliphatic carbocycles. The smallest absolute Gasteiger partial charge is 0.332 e. The Kier molecular flexibility index (Phi) is 4.26. The van der Waals surface area contributed by atoms with Crippen molar-refractivity contribution in [3.05, 3.63) is 0 Å². The van der Waals surface area contributed by atoms with Crippen LogP contribution in [0.25, 0.3) is 0 Å². The van der Waals surface area contributed by atoms with Crippen molar-refractivity contribution in [3.8, 4) is 0 Å². The Morgan fingerprint density at radius 2 is 1.79 bits per heavy atom. The molecule has 0 bridgehead atoms. The van der Waals surface area contributed by atoms with Crippen LogP contribution in [0.4, 0.5) is 4.79 Å². The number of likely N-dealkylation sites (tertiary alicyclic amines) is 1. The van der Waals surface area contributed by atoms with Crippen molar-refractivity contribution in [1.82, 2.24) is 20.2 Å². The second-order valence-corrected chi connectivity index (χ2v) is 5.37. The molecule has 19 heavy (non-hydrogen) atoms. The summed E-state index contributed by atoms with van der Waals surface area (Å²) in [6, 6.07) is -0.425. The number of hydrazine groups is 1. The minimum Gasteiger partial charge on any atom is -0.481 e. The van der Waals surface area contributed by atoms with Crippen LogP contribution in [-0.4, -0.2) is 77.7 Å². The molecule has 2 amide bonds. The van der Waals surface area contributed by atoms with Gasteiger partial charge in [-0.1, -0.05) is 0 Å². The molecule has 2 N–H and O–H groups in total. The molecule has 7 heteroatoms. The number of carboxylic acids is 1. The van der Waals surface area contributed by atoms with Crippen molar-refractivity contribution in [2.45, 2.75) is 19.4 Å². The van der Waals surface area contributed by atoms with E-state index in [4.69, 9.17) is 5.11 Å². The molecule has 0 radical (unpaired) electrons. The van der Waals surface area contributed by atoms with E-state index in [0.717, 1.165) is 26.2 Å². The Morgan fingerprint density at radius 3 is 2.32 bits per heavy atom. The topological polar surface area (TPSA) is 76.1 Å². The molecular formula is C12H22N4O3. The third-order valence-corrected chi connectivity index (χ3v) is 4.09. The molecule has 0 aromatic rings. The second kappa shape index (κ2) is 5.75. The van der Waals surface area contributed by atoms with Crippen LogP contribution in [0.3, 0.4) is 0 Å². The van der Waals surface area contributed by atoms with Crippen LogP contribution in [0.1, 0.15) is 13.3 Å². The molecule has 2 aliphatic heterocycles. The number of aliphatic carboxylic acids is 1. The number of carbonyl (C=O) groups is 2. The number of rotatable bonds is 2. The van der Waals surface area contributed by atoms with Crippen molar-refractivity contribution >= 4 is 12.0 Å². The minimum absolute atomic E-state index is 0.180.